The van der Waals surface area contributed by atoms with Crippen molar-refractivity contribution in [2.75, 3.05) is 0 Å². The fraction of sp³-hybridized carbons (Fsp3) is 0.0833. The van der Waals surface area contributed by atoms with Gasteiger partial charge in [-0.15, -0.1) is 0 Å². The van der Waals surface area contributed by atoms with Gasteiger partial charge in [0, 0.05) is 11.3 Å². The highest BCUT2D eigenvalue weighted by molar-refractivity contribution is 6.44. The molecular formula is C12H8Cl3NO. The normalized spacial score (nSPS) is 10.6. The van der Waals surface area contributed by atoms with Gasteiger partial charge in [0.15, 0.2) is 0 Å². The van der Waals surface area contributed by atoms with Crippen molar-refractivity contribution in [2.45, 2.75) is 6.92 Å². The largest absolute Gasteiger partial charge is 0.506 e. The maximum absolute atomic E-state index is 9.78. The van der Waals surface area contributed by atoms with E-state index in [4.69, 9.17) is 34.8 Å². The SMILES string of the molecule is Cc1ccc(O)c(-c2cc(Cl)c(Cl)cc2Cl)n1. The molecular weight excluding hydrogens is 280 g/mol. The van der Waals surface area contributed by atoms with Crippen LogP contribution in [0.3, 0.4) is 0 Å². The molecule has 2 aromatic rings. The molecule has 0 radical (unpaired) electrons. The van der Waals surface area contributed by atoms with Crippen LogP contribution >= 0.6 is 34.8 Å². The van der Waals surface area contributed by atoms with Gasteiger partial charge in [-0.3, -0.25) is 0 Å². The Morgan fingerprint density at radius 3 is 2.35 bits per heavy atom. The number of nitrogens with zero attached hydrogens (tertiary/aromatic N) is 1. The predicted octanol–water partition coefficient (Wildman–Crippen LogP) is 4.72. The molecule has 0 saturated carbocycles. The zero-order valence-electron chi connectivity index (χ0n) is 8.84. The van der Waals surface area contributed by atoms with E-state index in [0.717, 1.165) is 5.69 Å². The van der Waals surface area contributed by atoms with Crippen LogP contribution in [-0.4, -0.2) is 10.1 Å². The van der Waals surface area contributed by atoms with Crippen molar-refractivity contribution in [1.29, 1.82) is 0 Å². The highest BCUT2D eigenvalue weighted by atomic mass is 35.5. The van der Waals surface area contributed by atoms with Gasteiger partial charge in [0.1, 0.15) is 11.4 Å². The summed E-state index contributed by atoms with van der Waals surface area (Å²) in [5.41, 5.74) is 1.73. The highest BCUT2D eigenvalue weighted by Gasteiger charge is 2.13. The molecule has 0 aliphatic rings. The first-order valence-corrected chi connectivity index (χ1v) is 5.94. The van der Waals surface area contributed by atoms with E-state index in [2.05, 4.69) is 4.98 Å². The van der Waals surface area contributed by atoms with E-state index >= 15 is 0 Å². The molecule has 1 heterocycles. The van der Waals surface area contributed by atoms with E-state index in [1.165, 1.54) is 6.07 Å². The number of hydrogen-bond acceptors (Lipinski definition) is 2. The second-order valence-electron chi connectivity index (χ2n) is 3.57. The van der Waals surface area contributed by atoms with E-state index < -0.39 is 0 Å². The Morgan fingerprint density at radius 1 is 1.00 bits per heavy atom. The van der Waals surface area contributed by atoms with Crippen LogP contribution in [-0.2, 0) is 0 Å². The Kier molecular flexibility index (Phi) is 3.48. The Hall–Kier alpha value is -0.960. The summed E-state index contributed by atoms with van der Waals surface area (Å²) in [6.07, 6.45) is 0. The summed E-state index contributed by atoms with van der Waals surface area (Å²) in [6, 6.07) is 6.40. The maximum atomic E-state index is 9.78. The smallest absolute Gasteiger partial charge is 0.141 e. The van der Waals surface area contributed by atoms with Crippen LogP contribution in [0.2, 0.25) is 15.1 Å². The third kappa shape index (κ3) is 2.49. The summed E-state index contributed by atoms with van der Waals surface area (Å²) < 4.78 is 0. The van der Waals surface area contributed by atoms with Crippen LogP contribution in [0.25, 0.3) is 11.3 Å². The molecule has 0 aliphatic heterocycles. The van der Waals surface area contributed by atoms with Crippen LogP contribution in [0, 0.1) is 6.92 Å². The number of aryl methyl sites for hydroxylation is 1. The molecule has 0 amide bonds. The van der Waals surface area contributed by atoms with E-state index in [9.17, 15) is 5.11 Å². The van der Waals surface area contributed by atoms with Gasteiger partial charge in [-0.2, -0.15) is 0 Å². The van der Waals surface area contributed by atoms with Gasteiger partial charge >= 0.3 is 0 Å². The first kappa shape index (κ1) is 12.5. The molecule has 0 saturated heterocycles. The van der Waals surface area contributed by atoms with Crippen LogP contribution in [0.1, 0.15) is 5.69 Å². The van der Waals surface area contributed by atoms with E-state index in [1.54, 1.807) is 18.2 Å². The molecule has 5 heteroatoms. The van der Waals surface area contributed by atoms with Crippen molar-refractivity contribution in [3.63, 3.8) is 0 Å². The number of halogens is 3. The summed E-state index contributed by atoms with van der Waals surface area (Å²) in [5, 5.41) is 10.9. The van der Waals surface area contributed by atoms with Gasteiger partial charge in [-0.25, -0.2) is 4.98 Å². The first-order valence-electron chi connectivity index (χ1n) is 4.80. The van der Waals surface area contributed by atoms with Crippen LogP contribution in [0.15, 0.2) is 24.3 Å². The second-order valence-corrected chi connectivity index (χ2v) is 4.79. The Balaban J connectivity index is 2.68. The zero-order chi connectivity index (χ0) is 12.6. The Labute approximate surface area is 114 Å². The predicted molar refractivity (Wildman–Crippen MR) is 71.1 cm³/mol. The third-order valence-electron chi connectivity index (χ3n) is 2.28. The number of benzene rings is 1. The number of rotatable bonds is 1. The topological polar surface area (TPSA) is 33.1 Å². The Bertz CT molecular complexity index is 584. The summed E-state index contributed by atoms with van der Waals surface area (Å²) in [7, 11) is 0. The Morgan fingerprint density at radius 2 is 1.65 bits per heavy atom. The summed E-state index contributed by atoms with van der Waals surface area (Å²) in [6.45, 7) is 1.83. The van der Waals surface area contributed by atoms with Gasteiger partial charge in [0.2, 0.25) is 0 Å². The fourth-order valence-electron chi connectivity index (χ4n) is 1.45. The van der Waals surface area contributed by atoms with Crippen LogP contribution in [0.4, 0.5) is 0 Å². The quantitative estimate of drug-likeness (QED) is 0.770. The molecule has 17 heavy (non-hydrogen) atoms. The molecule has 0 atom stereocenters. The molecule has 1 aromatic heterocycles. The zero-order valence-corrected chi connectivity index (χ0v) is 11.1. The van der Waals surface area contributed by atoms with Crippen molar-refractivity contribution >= 4 is 34.8 Å². The minimum absolute atomic E-state index is 0.0517. The molecule has 0 aliphatic carbocycles. The molecule has 2 nitrogen and oxygen atoms in total. The van der Waals surface area contributed by atoms with E-state index in [1.807, 2.05) is 6.92 Å². The van der Waals surface area contributed by atoms with Gasteiger partial charge in [0.25, 0.3) is 0 Å². The molecule has 0 spiro atoms. The number of pyridine rings is 1. The lowest BCUT2D eigenvalue weighted by Gasteiger charge is -2.08. The number of aromatic hydroxyl groups is 1. The van der Waals surface area contributed by atoms with Gasteiger partial charge in [0.05, 0.1) is 15.1 Å². The lowest BCUT2D eigenvalue weighted by atomic mass is 10.1. The minimum Gasteiger partial charge on any atom is -0.506 e. The standard InChI is InChI=1S/C12H8Cl3NO/c1-6-2-3-11(17)12(16-6)7-4-9(14)10(15)5-8(7)13/h2-5,17H,1H3. The van der Waals surface area contributed by atoms with Crippen molar-refractivity contribution < 1.29 is 5.11 Å². The highest BCUT2D eigenvalue weighted by Crippen LogP contribution is 2.37. The van der Waals surface area contributed by atoms with Crippen LogP contribution in [0.5, 0.6) is 5.75 Å². The van der Waals surface area contributed by atoms with Crippen molar-refractivity contribution in [1.82, 2.24) is 4.98 Å². The maximum Gasteiger partial charge on any atom is 0.141 e. The third-order valence-corrected chi connectivity index (χ3v) is 3.31. The summed E-state index contributed by atoms with van der Waals surface area (Å²) in [4.78, 5) is 4.24. The average Bonchev–Trinajstić information content (AvgIpc) is 2.27. The van der Waals surface area contributed by atoms with Crippen molar-refractivity contribution in [3.05, 3.63) is 45.0 Å². The van der Waals surface area contributed by atoms with Crippen molar-refractivity contribution in [2.24, 2.45) is 0 Å². The minimum atomic E-state index is 0.0517. The summed E-state index contributed by atoms with van der Waals surface area (Å²) in [5.74, 6) is 0.0517. The summed E-state index contributed by atoms with van der Waals surface area (Å²) >= 11 is 17.8. The molecule has 1 aromatic carbocycles. The van der Waals surface area contributed by atoms with Gasteiger partial charge in [-0.05, 0) is 31.2 Å². The van der Waals surface area contributed by atoms with E-state index in [0.29, 0.717) is 26.3 Å². The van der Waals surface area contributed by atoms with Crippen molar-refractivity contribution in [3.8, 4) is 17.0 Å². The first-order chi connectivity index (χ1) is 7.99. The monoisotopic (exact) mass is 287 g/mol. The molecule has 2 rings (SSSR count). The van der Waals surface area contributed by atoms with Gasteiger partial charge < -0.3 is 5.11 Å². The molecule has 0 fully saturated rings. The molecule has 1 N–H and O–H groups in total. The lowest BCUT2D eigenvalue weighted by Crippen LogP contribution is -1.89. The molecule has 0 bridgehead atoms. The number of hydrogen-bond donors (Lipinski definition) is 1. The average molecular weight is 289 g/mol. The molecule has 88 valence electrons. The lowest BCUT2D eigenvalue weighted by molar-refractivity contribution is 0.474. The fourth-order valence-corrected chi connectivity index (χ4v) is 2.09. The van der Waals surface area contributed by atoms with Crippen LogP contribution < -0.4 is 0 Å². The second kappa shape index (κ2) is 4.73. The van der Waals surface area contributed by atoms with Gasteiger partial charge in [-0.1, -0.05) is 34.8 Å². The molecule has 0 unspecified atom stereocenters. The van der Waals surface area contributed by atoms with E-state index in [-0.39, 0.29) is 5.75 Å². The number of aromatic nitrogens is 1.